The first kappa shape index (κ1) is 16.9. The molecule has 0 aliphatic rings. The number of benzene rings is 2. The first-order valence-electron chi connectivity index (χ1n) is 8.33. The van der Waals surface area contributed by atoms with Crippen molar-refractivity contribution in [2.45, 2.75) is 33.7 Å². The van der Waals surface area contributed by atoms with Gasteiger partial charge in [0, 0.05) is 0 Å². The van der Waals surface area contributed by atoms with E-state index in [2.05, 4.69) is 21.6 Å². The van der Waals surface area contributed by atoms with E-state index in [1.807, 2.05) is 63.2 Å². The van der Waals surface area contributed by atoms with Crippen LogP contribution in [0.15, 0.2) is 48.5 Å². The molecule has 1 amide bonds. The van der Waals surface area contributed by atoms with Crippen molar-refractivity contribution in [1.29, 1.82) is 0 Å². The first-order valence-corrected chi connectivity index (χ1v) is 8.33. The molecule has 5 nitrogen and oxygen atoms in total. The molecule has 0 aliphatic carbocycles. The Labute approximate surface area is 147 Å². The van der Waals surface area contributed by atoms with Crippen LogP contribution in [0.4, 0.5) is 0 Å². The average molecular weight is 334 g/mol. The molecule has 25 heavy (non-hydrogen) atoms. The second-order valence-electron chi connectivity index (χ2n) is 6.32. The summed E-state index contributed by atoms with van der Waals surface area (Å²) < 4.78 is 0. The first-order chi connectivity index (χ1) is 12.0. The summed E-state index contributed by atoms with van der Waals surface area (Å²) in [5.74, 6) is -0.218. The predicted octanol–water partition coefficient (Wildman–Crippen LogP) is 3.68. The minimum Gasteiger partial charge on any atom is -0.344 e. The highest BCUT2D eigenvalue weighted by atomic mass is 16.2. The van der Waals surface area contributed by atoms with Gasteiger partial charge in [0.1, 0.15) is 0 Å². The van der Waals surface area contributed by atoms with Gasteiger partial charge in [0.2, 0.25) is 0 Å². The molecule has 3 rings (SSSR count). The maximum atomic E-state index is 12.6. The Morgan fingerprint density at radius 1 is 1.04 bits per heavy atom. The SMILES string of the molecule is Cc1ccc(-n2nc(C)c(C(=O)N[C@@H](C)c3ccccc3)n2)c(C)c1. The van der Waals surface area contributed by atoms with Crippen molar-refractivity contribution in [1.82, 2.24) is 20.3 Å². The van der Waals surface area contributed by atoms with Crippen LogP contribution in [-0.2, 0) is 0 Å². The Bertz CT molecular complexity index is 899. The van der Waals surface area contributed by atoms with Gasteiger partial charge in [0.25, 0.3) is 5.91 Å². The van der Waals surface area contributed by atoms with Crippen LogP contribution < -0.4 is 5.32 Å². The summed E-state index contributed by atoms with van der Waals surface area (Å²) in [5, 5.41) is 11.8. The molecule has 0 bridgehead atoms. The molecular formula is C20H22N4O. The summed E-state index contributed by atoms with van der Waals surface area (Å²) in [5.41, 5.74) is 5.14. The zero-order valence-electron chi connectivity index (χ0n) is 14.9. The molecule has 1 N–H and O–H groups in total. The Morgan fingerprint density at radius 3 is 2.44 bits per heavy atom. The topological polar surface area (TPSA) is 59.8 Å². The average Bonchev–Trinajstić information content (AvgIpc) is 2.97. The number of amides is 1. The highest BCUT2D eigenvalue weighted by Crippen LogP contribution is 2.16. The predicted molar refractivity (Wildman–Crippen MR) is 97.9 cm³/mol. The number of carbonyl (C=O) groups excluding carboxylic acids is 1. The summed E-state index contributed by atoms with van der Waals surface area (Å²) in [4.78, 5) is 14.1. The summed E-state index contributed by atoms with van der Waals surface area (Å²) in [6.07, 6.45) is 0. The molecule has 0 aliphatic heterocycles. The van der Waals surface area contributed by atoms with Gasteiger partial charge in [-0.2, -0.15) is 9.90 Å². The second kappa shape index (κ2) is 6.89. The second-order valence-corrected chi connectivity index (χ2v) is 6.32. The van der Waals surface area contributed by atoms with Crippen LogP contribution in [0.25, 0.3) is 5.69 Å². The largest absolute Gasteiger partial charge is 0.344 e. The minimum absolute atomic E-state index is 0.0978. The normalized spacial score (nSPS) is 12.0. The fraction of sp³-hybridized carbons (Fsp3) is 0.250. The highest BCUT2D eigenvalue weighted by Gasteiger charge is 2.19. The number of aromatic nitrogens is 3. The Balaban J connectivity index is 1.83. The van der Waals surface area contributed by atoms with Crippen LogP contribution in [0.1, 0.15) is 45.8 Å². The van der Waals surface area contributed by atoms with Crippen LogP contribution >= 0.6 is 0 Å². The molecule has 0 unspecified atom stereocenters. The molecule has 0 saturated heterocycles. The molecule has 0 saturated carbocycles. The fourth-order valence-electron chi connectivity index (χ4n) is 2.82. The van der Waals surface area contributed by atoms with E-state index in [1.54, 1.807) is 6.92 Å². The lowest BCUT2D eigenvalue weighted by Gasteiger charge is -2.13. The molecule has 1 aromatic heterocycles. The molecule has 3 aromatic rings. The molecule has 0 radical (unpaired) electrons. The highest BCUT2D eigenvalue weighted by molar-refractivity contribution is 5.93. The smallest absolute Gasteiger partial charge is 0.274 e. The fourth-order valence-corrected chi connectivity index (χ4v) is 2.82. The van der Waals surface area contributed by atoms with Gasteiger partial charge >= 0.3 is 0 Å². The van der Waals surface area contributed by atoms with Crippen molar-refractivity contribution in [2.24, 2.45) is 0 Å². The molecular weight excluding hydrogens is 312 g/mol. The van der Waals surface area contributed by atoms with Crippen molar-refractivity contribution in [3.63, 3.8) is 0 Å². The summed E-state index contributed by atoms with van der Waals surface area (Å²) in [6.45, 7) is 7.81. The van der Waals surface area contributed by atoms with E-state index in [1.165, 1.54) is 10.4 Å². The Morgan fingerprint density at radius 2 is 1.76 bits per heavy atom. The van der Waals surface area contributed by atoms with Gasteiger partial charge in [-0.1, -0.05) is 48.0 Å². The third kappa shape index (κ3) is 3.60. The van der Waals surface area contributed by atoms with Gasteiger partial charge in [0.05, 0.1) is 17.4 Å². The number of hydrogen-bond donors (Lipinski definition) is 1. The molecule has 0 fully saturated rings. The van der Waals surface area contributed by atoms with Crippen molar-refractivity contribution in [3.05, 3.63) is 76.6 Å². The molecule has 0 spiro atoms. The van der Waals surface area contributed by atoms with Crippen molar-refractivity contribution < 1.29 is 4.79 Å². The maximum absolute atomic E-state index is 12.6. The minimum atomic E-state index is -0.218. The molecule has 2 aromatic carbocycles. The van der Waals surface area contributed by atoms with E-state index in [0.717, 1.165) is 16.8 Å². The molecule has 5 heteroatoms. The Hall–Kier alpha value is -2.95. The van der Waals surface area contributed by atoms with E-state index in [4.69, 9.17) is 0 Å². The summed E-state index contributed by atoms with van der Waals surface area (Å²) in [6, 6.07) is 15.8. The third-order valence-electron chi connectivity index (χ3n) is 4.21. The molecule has 1 atom stereocenters. The van der Waals surface area contributed by atoms with Gasteiger partial charge < -0.3 is 5.32 Å². The van der Waals surface area contributed by atoms with Crippen LogP contribution in [0.5, 0.6) is 0 Å². The lowest BCUT2D eigenvalue weighted by molar-refractivity contribution is 0.0934. The van der Waals surface area contributed by atoms with E-state index >= 15 is 0 Å². The summed E-state index contributed by atoms with van der Waals surface area (Å²) in [7, 11) is 0. The lowest BCUT2D eigenvalue weighted by Crippen LogP contribution is -2.27. The van der Waals surface area contributed by atoms with Crippen molar-refractivity contribution in [3.8, 4) is 5.69 Å². The Kier molecular flexibility index (Phi) is 4.65. The molecule has 128 valence electrons. The van der Waals surface area contributed by atoms with Gasteiger partial charge in [0.15, 0.2) is 5.69 Å². The van der Waals surface area contributed by atoms with Crippen LogP contribution in [-0.4, -0.2) is 20.9 Å². The van der Waals surface area contributed by atoms with Crippen LogP contribution in [0, 0.1) is 20.8 Å². The van der Waals surface area contributed by atoms with Gasteiger partial charge in [-0.05, 0) is 44.9 Å². The third-order valence-corrected chi connectivity index (χ3v) is 4.21. The number of carbonyl (C=O) groups is 1. The monoisotopic (exact) mass is 334 g/mol. The number of rotatable bonds is 4. The number of hydrogen-bond acceptors (Lipinski definition) is 3. The zero-order chi connectivity index (χ0) is 18.0. The van der Waals surface area contributed by atoms with Gasteiger partial charge in [-0.3, -0.25) is 4.79 Å². The number of aryl methyl sites for hydroxylation is 3. The number of nitrogens with one attached hydrogen (secondary N) is 1. The van der Waals surface area contributed by atoms with E-state index in [9.17, 15) is 4.79 Å². The van der Waals surface area contributed by atoms with E-state index in [-0.39, 0.29) is 11.9 Å². The van der Waals surface area contributed by atoms with Crippen LogP contribution in [0.2, 0.25) is 0 Å². The maximum Gasteiger partial charge on any atom is 0.274 e. The van der Waals surface area contributed by atoms with Crippen molar-refractivity contribution in [2.75, 3.05) is 0 Å². The van der Waals surface area contributed by atoms with Crippen LogP contribution in [0.3, 0.4) is 0 Å². The van der Waals surface area contributed by atoms with Gasteiger partial charge in [-0.15, -0.1) is 5.10 Å². The zero-order valence-corrected chi connectivity index (χ0v) is 14.9. The standard InChI is InChI=1S/C20H22N4O/c1-13-10-11-18(14(2)12-13)24-22-16(4)19(23-24)20(25)21-15(3)17-8-6-5-7-9-17/h5-12,15H,1-4H3,(H,21,25)/t15-/m0/s1. The molecule has 1 heterocycles. The quantitative estimate of drug-likeness (QED) is 0.792. The lowest BCUT2D eigenvalue weighted by atomic mass is 10.1. The van der Waals surface area contributed by atoms with E-state index < -0.39 is 0 Å². The van der Waals surface area contributed by atoms with E-state index in [0.29, 0.717) is 11.4 Å². The number of nitrogens with zero attached hydrogens (tertiary/aromatic N) is 3. The van der Waals surface area contributed by atoms with Crippen molar-refractivity contribution >= 4 is 5.91 Å². The summed E-state index contributed by atoms with van der Waals surface area (Å²) >= 11 is 0. The van der Waals surface area contributed by atoms with Gasteiger partial charge in [-0.25, -0.2) is 0 Å².